The molecular weight excluding hydrogens is 639 g/mol. The molecule has 0 saturated heterocycles. The molecule has 4 aliphatic carbocycles. The minimum Gasteiger partial charge on any atom is -0.310 e. The van der Waals surface area contributed by atoms with Gasteiger partial charge in [0.15, 0.2) is 0 Å². The van der Waals surface area contributed by atoms with Crippen LogP contribution in [0.1, 0.15) is 106 Å². The van der Waals surface area contributed by atoms with Crippen LogP contribution in [0.4, 0.5) is 17.1 Å². The summed E-state index contributed by atoms with van der Waals surface area (Å²) in [5, 5.41) is 0. The van der Waals surface area contributed by atoms with E-state index in [2.05, 4.69) is 158 Å². The summed E-state index contributed by atoms with van der Waals surface area (Å²) >= 11 is 0. The van der Waals surface area contributed by atoms with E-state index in [9.17, 15) is 0 Å². The van der Waals surface area contributed by atoms with Crippen LogP contribution in [0, 0.1) is 11.8 Å². The molecule has 10 rings (SSSR count). The zero-order chi connectivity index (χ0) is 35.5. The van der Waals surface area contributed by atoms with Crippen LogP contribution in [0.25, 0.3) is 33.4 Å². The van der Waals surface area contributed by atoms with Gasteiger partial charge in [-0.25, -0.2) is 0 Å². The highest BCUT2D eigenvalue weighted by Gasteiger charge is 2.40. The first kappa shape index (κ1) is 32.7. The summed E-state index contributed by atoms with van der Waals surface area (Å²) in [7, 11) is 0. The molecule has 1 heteroatoms. The highest BCUT2D eigenvalue weighted by atomic mass is 15.1. The SMILES string of the molecule is CC1(C)c2cc(N(c3ccc(C4CC5CCC4C5)cc3)c3ccccc3C3CCCCC3)ccc2-c2c(-c3ccc(-c4ccccc4)cc3)cccc21. The van der Waals surface area contributed by atoms with Gasteiger partial charge in [-0.1, -0.05) is 149 Å². The monoisotopic (exact) mass is 689 g/mol. The maximum atomic E-state index is 2.59. The first-order valence-corrected chi connectivity index (χ1v) is 20.5. The first-order chi connectivity index (χ1) is 26.0. The standard InChI is InChI=1S/C52H51N/c1-52(2)48-18-11-17-45(39-24-22-37(23-25-39)36-12-5-3-6-13-36)51(48)46-31-30-43(34-49(46)52)53(50-19-10-9-16-44(50)38-14-7-4-8-15-38)42-28-26-40(27-29-42)47-33-35-20-21-41(47)32-35/h3,5-6,9-13,16-19,22-31,34-35,38,41,47H,4,7-8,14-15,20-21,32-33H2,1-2H3. The summed E-state index contributed by atoms with van der Waals surface area (Å²) in [6.07, 6.45) is 12.3. The molecule has 3 fully saturated rings. The largest absolute Gasteiger partial charge is 0.310 e. The van der Waals surface area contributed by atoms with Crippen molar-refractivity contribution < 1.29 is 0 Å². The van der Waals surface area contributed by atoms with Crippen LogP contribution in [0.15, 0.2) is 140 Å². The van der Waals surface area contributed by atoms with Crippen molar-refractivity contribution in [1.82, 2.24) is 0 Å². The predicted molar refractivity (Wildman–Crippen MR) is 224 cm³/mol. The third-order valence-corrected chi connectivity index (χ3v) is 13.8. The quantitative estimate of drug-likeness (QED) is 0.161. The molecule has 1 nitrogen and oxygen atoms in total. The molecule has 0 aromatic heterocycles. The van der Waals surface area contributed by atoms with Crippen LogP contribution in [0.3, 0.4) is 0 Å². The molecule has 0 N–H and O–H groups in total. The summed E-state index contributed by atoms with van der Waals surface area (Å²) in [5.74, 6) is 3.20. The van der Waals surface area contributed by atoms with Gasteiger partial charge >= 0.3 is 0 Å². The molecule has 0 aliphatic heterocycles. The second-order valence-corrected chi connectivity index (χ2v) is 17.1. The van der Waals surface area contributed by atoms with Crippen LogP contribution in [-0.4, -0.2) is 0 Å². The van der Waals surface area contributed by atoms with Gasteiger partial charge in [-0.05, 0) is 142 Å². The number of rotatable bonds is 7. The molecule has 6 aromatic carbocycles. The third kappa shape index (κ3) is 5.67. The summed E-state index contributed by atoms with van der Waals surface area (Å²) in [5.41, 5.74) is 17.5. The average molecular weight is 690 g/mol. The molecule has 53 heavy (non-hydrogen) atoms. The molecule has 0 heterocycles. The van der Waals surface area contributed by atoms with Gasteiger partial charge in [-0.2, -0.15) is 0 Å². The molecule has 0 amide bonds. The number of hydrogen-bond acceptors (Lipinski definition) is 1. The minimum atomic E-state index is -0.124. The van der Waals surface area contributed by atoms with E-state index >= 15 is 0 Å². The van der Waals surface area contributed by atoms with Crippen molar-refractivity contribution in [3.8, 4) is 33.4 Å². The van der Waals surface area contributed by atoms with Gasteiger partial charge in [0.2, 0.25) is 0 Å². The summed E-state index contributed by atoms with van der Waals surface area (Å²) in [6, 6.07) is 53.3. The molecule has 264 valence electrons. The van der Waals surface area contributed by atoms with Crippen LogP contribution in [-0.2, 0) is 5.41 Å². The molecule has 6 aromatic rings. The minimum absolute atomic E-state index is 0.124. The van der Waals surface area contributed by atoms with E-state index in [1.54, 1.807) is 5.56 Å². The second kappa shape index (κ2) is 13.2. The van der Waals surface area contributed by atoms with Gasteiger partial charge in [-0.15, -0.1) is 0 Å². The Morgan fingerprint density at radius 3 is 2.00 bits per heavy atom. The van der Waals surface area contributed by atoms with Crippen LogP contribution in [0.2, 0.25) is 0 Å². The molecule has 2 bridgehead atoms. The fraction of sp³-hybridized carbons (Fsp3) is 0.308. The van der Waals surface area contributed by atoms with Gasteiger partial charge in [0, 0.05) is 22.5 Å². The number of hydrogen-bond donors (Lipinski definition) is 0. The van der Waals surface area contributed by atoms with Crippen molar-refractivity contribution >= 4 is 17.1 Å². The maximum Gasteiger partial charge on any atom is 0.0496 e. The van der Waals surface area contributed by atoms with Gasteiger partial charge in [0.25, 0.3) is 0 Å². The van der Waals surface area contributed by atoms with E-state index in [0.717, 1.165) is 17.8 Å². The molecule has 0 spiro atoms. The Morgan fingerprint density at radius 2 is 1.25 bits per heavy atom. The Hall–Kier alpha value is -4.88. The Labute approximate surface area is 316 Å². The van der Waals surface area contributed by atoms with Crippen molar-refractivity contribution in [2.45, 2.75) is 88.9 Å². The average Bonchev–Trinajstić information content (AvgIpc) is 3.92. The van der Waals surface area contributed by atoms with Crippen LogP contribution < -0.4 is 4.90 Å². The number of para-hydroxylation sites is 1. The van der Waals surface area contributed by atoms with Gasteiger partial charge < -0.3 is 4.90 Å². The predicted octanol–water partition coefficient (Wildman–Crippen LogP) is 14.7. The van der Waals surface area contributed by atoms with Crippen molar-refractivity contribution in [3.05, 3.63) is 162 Å². The number of benzene rings is 6. The third-order valence-electron chi connectivity index (χ3n) is 13.8. The maximum absolute atomic E-state index is 2.59. The lowest BCUT2D eigenvalue weighted by atomic mass is 9.81. The Balaban J connectivity index is 1.07. The summed E-state index contributed by atoms with van der Waals surface area (Å²) in [6.45, 7) is 4.85. The topological polar surface area (TPSA) is 3.24 Å². The Kier molecular flexibility index (Phi) is 8.16. The zero-order valence-corrected chi connectivity index (χ0v) is 31.4. The Bertz CT molecular complexity index is 2250. The highest BCUT2D eigenvalue weighted by molar-refractivity contribution is 5.94. The molecular formula is C52H51N. The summed E-state index contributed by atoms with van der Waals surface area (Å²) < 4.78 is 0. The lowest BCUT2D eigenvalue weighted by molar-refractivity contribution is 0.420. The molecule has 0 radical (unpaired) electrons. The van der Waals surface area contributed by atoms with Crippen molar-refractivity contribution in [2.75, 3.05) is 4.90 Å². The van der Waals surface area contributed by atoms with E-state index < -0.39 is 0 Å². The highest BCUT2D eigenvalue weighted by Crippen LogP contribution is 2.55. The van der Waals surface area contributed by atoms with E-state index in [4.69, 9.17) is 0 Å². The normalized spacial score (nSPS) is 21.4. The fourth-order valence-corrected chi connectivity index (χ4v) is 11.0. The zero-order valence-electron chi connectivity index (χ0n) is 31.4. The smallest absolute Gasteiger partial charge is 0.0496 e. The van der Waals surface area contributed by atoms with E-state index in [-0.39, 0.29) is 5.41 Å². The van der Waals surface area contributed by atoms with Gasteiger partial charge in [0.1, 0.15) is 0 Å². The molecule has 3 unspecified atom stereocenters. The number of anilines is 3. The second-order valence-electron chi connectivity index (χ2n) is 17.1. The number of fused-ring (bicyclic) bond motifs is 5. The number of nitrogens with zero attached hydrogens (tertiary/aromatic N) is 1. The lowest BCUT2D eigenvalue weighted by Crippen LogP contribution is -2.18. The van der Waals surface area contributed by atoms with E-state index in [1.165, 1.54) is 125 Å². The van der Waals surface area contributed by atoms with Crippen molar-refractivity contribution in [1.29, 1.82) is 0 Å². The van der Waals surface area contributed by atoms with E-state index in [1.807, 2.05) is 0 Å². The summed E-state index contributed by atoms with van der Waals surface area (Å²) in [4.78, 5) is 2.59. The van der Waals surface area contributed by atoms with Gasteiger partial charge in [-0.3, -0.25) is 0 Å². The van der Waals surface area contributed by atoms with Crippen molar-refractivity contribution in [3.63, 3.8) is 0 Å². The Morgan fingerprint density at radius 1 is 0.528 bits per heavy atom. The fourth-order valence-electron chi connectivity index (χ4n) is 11.0. The lowest BCUT2D eigenvalue weighted by Gasteiger charge is -2.33. The van der Waals surface area contributed by atoms with Crippen LogP contribution in [0.5, 0.6) is 0 Å². The molecule has 3 saturated carbocycles. The van der Waals surface area contributed by atoms with E-state index in [0.29, 0.717) is 5.92 Å². The van der Waals surface area contributed by atoms with Crippen molar-refractivity contribution in [2.24, 2.45) is 11.8 Å². The molecule has 4 aliphatic rings. The van der Waals surface area contributed by atoms with Gasteiger partial charge in [0.05, 0.1) is 0 Å². The van der Waals surface area contributed by atoms with Crippen LogP contribution >= 0.6 is 0 Å². The molecule has 3 atom stereocenters. The first-order valence-electron chi connectivity index (χ1n) is 20.5.